The predicted octanol–water partition coefficient (Wildman–Crippen LogP) is 2.03. The van der Waals surface area contributed by atoms with Gasteiger partial charge in [-0.15, -0.1) is 0 Å². The number of hydrogen-bond donors (Lipinski definition) is 1. The number of carbonyl (C=O) groups excluding carboxylic acids is 1. The largest absolute Gasteiger partial charge is 0.398 e. The molecule has 0 heterocycles. The van der Waals surface area contributed by atoms with Gasteiger partial charge >= 0.3 is 0 Å². The van der Waals surface area contributed by atoms with Gasteiger partial charge < -0.3 is 5.73 Å². The van der Waals surface area contributed by atoms with E-state index in [1.54, 1.807) is 6.07 Å². The number of anilines is 1. The Balaban J connectivity index is 3.36. The highest BCUT2D eigenvalue weighted by Gasteiger charge is 2.11. The Morgan fingerprint density at radius 2 is 2.29 bits per heavy atom. The topological polar surface area (TPSA) is 66.9 Å². The molecule has 0 aliphatic heterocycles. The molecule has 0 spiro atoms. The average Bonchev–Trinajstić information content (AvgIpc) is 2.20. The minimum Gasteiger partial charge on any atom is -0.398 e. The molecular weight excluding hydrogens is 244 g/mol. The van der Waals surface area contributed by atoms with Gasteiger partial charge in [-0.3, -0.25) is 4.79 Å². The van der Waals surface area contributed by atoms with Gasteiger partial charge in [0.25, 0.3) is 0 Å². The second-order valence-electron chi connectivity index (χ2n) is 2.92. The maximum atomic E-state index is 11.4. The zero-order chi connectivity index (χ0) is 10.7. The molecule has 0 bridgehead atoms. The van der Waals surface area contributed by atoms with Gasteiger partial charge in [-0.25, -0.2) is 0 Å². The number of nitrogens with zero attached hydrogens (tertiary/aromatic N) is 1. The van der Waals surface area contributed by atoms with Gasteiger partial charge in [0.15, 0.2) is 5.78 Å². The van der Waals surface area contributed by atoms with Crippen LogP contribution in [-0.4, -0.2) is 11.1 Å². The van der Waals surface area contributed by atoms with Gasteiger partial charge in [-0.2, -0.15) is 5.26 Å². The van der Waals surface area contributed by atoms with E-state index in [-0.39, 0.29) is 11.1 Å². The first-order valence-electron chi connectivity index (χ1n) is 3.99. The summed E-state index contributed by atoms with van der Waals surface area (Å²) >= 11 is 3.07. The van der Waals surface area contributed by atoms with Crippen LogP contribution in [0.5, 0.6) is 0 Å². The monoisotopic (exact) mass is 252 g/mol. The molecule has 1 aromatic carbocycles. The number of halogens is 1. The van der Waals surface area contributed by atoms with Gasteiger partial charge in [-0.05, 0) is 24.6 Å². The molecule has 0 amide bonds. The zero-order valence-corrected chi connectivity index (χ0v) is 9.26. The van der Waals surface area contributed by atoms with Crippen LogP contribution in [0.25, 0.3) is 0 Å². The Morgan fingerprint density at radius 1 is 1.64 bits per heavy atom. The van der Waals surface area contributed by atoms with Crippen LogP contribution in [-0.2, 0) is 0 Å². The molecule has 1 aromatic rings. The summed E-state index contributed by atoms with van der Waals surface area (Å²) < 4.78 is 0. The molecule has 0 aromatic heterocycles. The number of hydrogen-bond acceptors (Lipinski definition) is 3. The molecule has 0 aliphatic carbocycles. The molecule has 4 heteroatoms. The number of benzene rings is 1. The summed E-state index contributed by atoms with van der Waals surface area (Å²) in [6.07, 6.45) is 0. The molecule has 0 radical (unpaired) electrons. The van der Waals surface area contributed by atoms with Crippen LogP contribution in [0, 0.1) is 18.3 Å². The number of nitrogen functional groups attached to an aromatic ring is 1. The fourth-order valence-electron chi connectivity index (χ4n) is 1.12. The highest BCUT2D eigenvalue weighted by molar-refractivity contribution is 9.09. The minimum absolute atomic E-state index is 0.107. The molecule has 1 rings (SSSR count). The van der Waals surface area contributed by atoms with Crippen molar-refractivity contribution >= 4 is 27.4 Å². The van der Waals surface area contributed by atoms with Gasteiger partial charge in [0, 0.05) is 11.3 Å². The lowest BCUT2D eigenvalue weighted by Gasteiger charge is -2.05. The summed E-state index contributed by atoms with van der Waals surface area (Å²) in [5.74, 6) is -0.107. The number of aryl methyl sites for hydroxylation is 1. The van der Waals surface area contributed by atoms with E-state index < -0.39 is 0 Å². The maximum absolute atomic E-state index is 11.4. The summed E-state index contributed by atoms with van der Waals surface area (Å²) in [6, 6.07) is 5.14. The SMILES string of the molecule is Cc1cc(C(=O)CBr)c(C#N)cc1N. The van der Waals surface area contributed by atoms with Crippen LogP contribution in [0.4, 0.5) is 5.69 Å². The van der Waals surface area contributed by atoms with Crippen molar-refractivity contribution in [2.24, 2.45) is 0 Å². The summed E-state index contributed by atoms with van der Waals surface area (Å²) in [6.45, 7) is 1.81. The van der Waals surface area contributed by atoms with Crippen LogP contribution in [0.3, 0.4) is 0 Å². The third-order valence-electron chi connectivity index (χ3n) is 1.95. The highest BCUT2D eigenvalue weighted by Crippen LogP contribution is 2.18. The van der Waals surface area contributed by atoms with E-state index in [1.807, 2.05) is 13.0 Å². The van der Waals surface area contributed by atoms with E-state index in [4.69, 9.17) is 11.0 Å². The first-order valence-corrected chi connectivity index (χ1v) is 5.11. The number of nitriles is 1. The lowest BCUT2D eigenvalue weighted by atomic mass is 10.0. The molecule has 3 nitrogen and oxygen atoms in total. The standard InChI is InChI=1S/C10H9BrN2O/c1-6-2-8(10(14)4-11)7(5-12)3-9(6)13/h2-3H,4,13H2,1H3. The van der Waals surface area contributed by atoms with E-state index in [0.717, 1.165) is 5.56 Å². The molecule has 14 heavy (non-hydrogen) atoms. The van der Waals surface area contributed by atoms with E-state index in [2.05, 4.69) is 15.9 Å². The lowest BCUT2D eigenvalue weighted by Crippen LogP contribution is -2.05. The number of ketones is 1. The van der Waals surface area contributed by atoms with Crippen molar-refractivity contribution in [3.05, 3.63) is 28.8 Å². The normalized spacial score (nSPS) is 9.50. The van der Waals surface area contributed by atoms with Crippen molar-refractivity contribution in [3.8, 4) is 6.07 Å². The number of rotatable bonds is 2. The first kappa shape index (κ1) is 10.7. The zero-order valence-electron chi connectivity index (χ0n) is 7.67. The molecule has 0 unspecified atom stereocenters. The second-order valence-corrected chi connectivity index (χ2v) is 3.48. The number of nitrogens with two attached hydrogens (primary N) is 1. The Hall–Kier alpha value is -1.34. The Morgan fingerprint density at radius 3 is 2.79 bits per heavy atom. The summed E-state index contributed by atoms with van der Waals surface area (Å²) in [5.41, 5.74) is 7.74. The first-order chi connectivity index (χ1) is 6.60. The minimum atomic E-state index is -0.107. The van der Waals surface area contributed by atoms with Crippen molar-refractivity contribution in [2.45, 2.75) is 6.92 Å². The Kier molecular flexibility index (Phi) is 3.26. The van der Waals surface area contributed by atoms with Gasteiger partial charge in [-0.1, -0.05) is 15.9 Å². The molecule has 0 aliphatic rings. The van der Waals surface area contributed by atoms with E-state index in [0.29, 0.717) is 16.8 Å². The highest BCUT2D eigenvalue weighted by atomic mass is 79.9. The third-order valence-corrected chi connectivity index (χ3v) is 2.46. The predicted molar refractivity (Wildman–Crippen MR) is 58.4 cm³/mol. The fraction of sp³-hybridized carbons (Fsp3) is 0.200. The molecule has 0 saturated carbocycles. The molecular formula is C10H9BrN2O. The summed E-state index contributed by atoms with van der Waals surface area (Å²) in [4.78, 5) is 11.4. The van der Waals surface area contributed by atoms with Gasteiger partial charge in [0.1, 0.15) is 0 Å². The quantitative estimate of drug-likeness (QED) is 0.498. The molecule has 2 N–H and O–H groups in total. The molecule has 72 valence electrons. The van der Waals surface area contributed by atoms with E-state index >= 15 is 0 Å². The maximum Gasteiger partial charge on any atom is 0.174 e. The third kappa shape index (κ3) is 1.94. The molecule has 0 saturated heterocycles. The van der Waals surface area contributed by atoms with Crippen molar-refractivity contribution in [3.63, 3.8) is 0 Å². The van der Waals surface area contributed by atoms with Crippen molar-refractivity contribution < 1.29 is 4.79 Å². The van der Waals surface area contributed by atoms with Crippen LogP contribution >= 0.6 is 15.9 Å². The average molecular weight is 253 g/mol. The van der Waals surface area contributed by atoms with Crippen LogP contribution in [0.15, 0.2) is 12.1 Å². The van der Waals surface area contributed by atoms with Crippen LogP contribution in [0.2, 0.25) is 0 Å². The Bertz CT molecular complexity index is 421. The van der Waals surface area contributed by atoms with Crippen molar-refractivity contribution in [1.82, 2.24) is 0 Å². The van der Waals surface area contributed by atoms with Crippen molar-refractivity contribution in [1.29, 1.82) is 5.26 Å². The second kappa shape index (κ2) is 4.25. The Labute approximate surface area is 90.7 Å². The van der Waals surface area contributed by atoms with Crippen LogP contribution < -0.4 is 5.73 Å². The smallest absolute Gasteiger partial charge is 0.174 e. The summed E-state index contributed by atoms with van der Waals surface area (Å²) in [5, 5.41) is 9.02. The number of Topliss-reactive ketones (excluding diaryl/α,β-unsaturated/α-hetero) is 1. The van der Waals surface area contributed by atoms with E-state index in [9.17, 15) is 4.79 Å². The lowest BCUT2D eigenvalue weighted by molar-refractivity contribution is 0.102. The van der Waals surface area contributed by atoms with Gasteiger partial charge in [0.2, 0.25) is 0 Å². The van der Waals surface area contributed by atoms with Gasteiger partial charge in [0.05, 0.1) is 17.0 Å². The fourth-order valence-corrected chi connectivity index (χ4v) is 1.42. The molecule has 0 atom stereocenters. The van der Waals surface area contributed by atoms with Crippen molar-refractivity contribution in [2.75, 3.05) is 11.1 Å². The molecule has 0 fully saturated rings. The van der Waals surface area contributed by atoms with E-state index in [1.165, 1.54) is 6.07 Å². The summed E-state index contributed by atoms with van der Waals surface area (Å²) in [7, 11) is 0. The number of alkyl halides is 1. The number of carbonyl (C=O) groups is 1. The van der Waals surface area contributed by atoms with Crippen LogP contribution in [0.1, 0.15) is 21.5 Å².